The number of hydrogen-bond acceptors (Lipinski definition) is 5. The third-order valence-corrected chi connectivity index (χ3v) is 2.25. The lowest BCUT2D eigenvalue weighted by molar-refractivity contribution is -0.384. The molecule has 6 heteroatoms. The van der Waals surface area contributed by atoms with E-state index in [2.05, 4.69) is 10.3 Å². The van der Waals surface area contributed by atoms with Gasteiger partial charge >= 0.3 is 5.69 Å². The lowest BCUT2D eigenvalue weighted by atomic mass is 10.2. The van der Waals surface area contributed by atoms with Crippen LogP contribution >= 0.6 is 0 Å². The minimum atomic E-state index is -0.448. The second-order valence-electron chi connectivity index (χ2n) is 3.64. The average molecular weight is 225 g/mol. The van der Waals surface area contributed by atoms with Crippen LogP contribution in [0.5, 0.6) is 0 Å². The van der Waals surface area contributed by atoms with E-state index in [1.807, 2.05) is 6.92 Å². The number of nitrogens with zero attached hydrogens (tertiary/aromatic N) is 2. The number of aliphatic hydroxyl groups is 1. The van der Waals surface area contributed by atoms with Crippen LogP contribution in [0.25, 0.3) is 0 Å². The quantitative estimate of drug-likeness (QED) is 0.585. The highest BCUT2D eigenvalue weighted by molar-refractivity contribution is 5.60. The molecule has 1 unspecified atom stereocenters. The molecule has 0 aromatic carbocycles. The lowest BCUT2D eigenvalue weighted by Crippen LogP contribution is -2.18. The molecular weight excluding hydrogens is 210 g/mol. The molecule has 2 N–H and O–H groups in total. The first-order valence-corrected chi connectivity index (χ1v) is 5.03. The number of nitro groups is 1. The van der Waals surface area contributed by atoms with Crippen molar-refractivity contribution in [2.45, 2.75) is 26.3 Å². The number of pyridine rings is 1. The first-order chi connectivity index (χ1) is 7.56. The largest absolute Gasteiger partial charge is 0.396 e. The fourth-order valence-electron chi connectivity index (χ4n) is 1.39. The minimum Gasteiger partial charge on any atom is -0.396 e. The van der Waals surface area contributed by atoms with Crippen molar-refractivity contribution < 1.29 is 10.0 Å². The van der Waals surface area contributed by atoms with Crippen molar-refractivity contribution in [3.63, 3.8) is 0 Å². The summed E-state index contributed by atoms with van der Waals surface area (Å²) in [5, 5.41) is 22.5. The minimum absolute atomic E-state index is 0.00714. The molecule has 1 aromatic rings. The zero-order valence-corrected chi connectivity index (χ0v) is 9.30. The first kappa shape index (κ1) is 12.4. The zero-order chi connectivity index (χ0) is 12.1. The third kappa shape index (κ3) is 2.90. The van der Waals surface area contributed by atoms with Crippen LogP contribution < -0.4 is 5.32 Å². The van der Waals surface area contributed by atoms with Gasteiger partial charge in [-0.1, -0.05) is 0 Å². The molecule has 0 aliphatic carbocycles. The Hall–Kier alpha value is -1.69. The maximum Gasteiger partial charge on any atom is 0.314 e. The van der Waals surface area contributed by atoms with E-state index in [0.29, 0.717) is 12.0 Å². The standard InChI is InChI=1S/C10H15N3O3/c1-7-3-5-11-10(9(7)13(15)16)12-8(2)4-6-14/h3,5,8,14H,4,6H2,1-2H3,(H,11,12). The summed E-state index contributed by atoms with van der Waals surface area (Å²) in [5.74, 6) is 0.256. The predicted octanol–water partition coefficient (Wildman–Crippen LogP) is 1.48. The molecule has 0 saturated heterocycles. The monoisotopic (exact) mass is 225 g/mol. The van der Waals surface area contributed by atoms with E-state index < -0.39 is 4.92 Å². The molecule has 0 spiro atoms. The molecule has 1 rings (SSSR count). The lowest BCUT2D eigenvalue weighted by Gasteiger charge is -2.13. The number of anilines is 1. The molecule has 1 heterocycles. The summed E-state index contributed by atoms with van der Waals surface area (Å²) >= 11 is 0. The van der Waals surface area contributed by atoms with E-state index in [1.54, 1.807) is 13.0 Å². The second-order valence-corrected chi connectivity index (χ2v) is 3.64. The zero-order valence-electron chi connectivity index (χ0n) is 9.30. The van der Waals surface area contributed by atoms with Crippen molar-refractivity contribution in [3.05, 3.63) is 27.9 Å². The molecule has 1 atom stereocenters. The van der Waals surface area contributed by atoms with Crippen LogP contribution in [0, 0.1) is 17.0 Å². The van der Waals surface area contributed by atoms with Gasteiger partial charge in [-0.15, -0.1) is 0 Å². The molecule has 0 fully saturated rings. The van der Waals surface area contributed by atoms with Crippen LogP contribution in [0.2, 0.25) is 0 Å². The highest BCUT2D eigenvalue weighted by atomic mass is 16.6. The molecule has 0 saturated carbocycles. The number of aliphatic hydroxyl groups excluding tert-OH is 1. The van der Waals surface area contributed by atoms with Gasteiger partial charge in [0.05, 0.1) is 4.92 Å². The Balaban J connectivity index is 2.95. The van der Waals surface area contributed by atoms with Gasteiger partial charge in [0.1, 0.15) is 0 Å². The van der Waals surface area contributed by atoms with Crippen molar-refractivity contribution in [3.8, 4) is 0 Å². The van der Waals surface area contributed by atoms with Crippen LogP contribution in [0.15, 0.2) is 12.3 Å². The van der Waals surface area contributed by atoms with E-state index in [-0.39, 0.29) is 24.2 Å². The summed E-state index contributed by atoms with van der Waals surface area (Å²) in [4.78, 5) is 14.4. The van der Waals surface area contributed by atoms with Crippen LogP contribution in [-0.4, -0.2) is 27.7 Å². The summed E-state index contributed by atoms with van der Waals surface area (Å²) in [6, 6.07) is 1.54. The second kappa shape index (κ2) is 5.41. The molecule has 0 amide bonds. The Bertz CT molecular complexity index is 382. The van der Waals surface area contributed by atoms with Crippen molar-refractivity contribution >= 4 is 11.5 Å². The fraction of sp³-hybridized carbons (Fsp3) is 0.500. The van der Waals surface area contributed by atoms with Gasteiger partial charge in [-0.05, 0) is 26.3 Å². The molecule has 0 aliphatic rings. The van der Waals surface area contributed by atoms with Crippen molar-refractivity contribution in [2.24, 2.45) is 0 Å². The van der Waals surface area contributed by atoms with Gasteiger partial charge in [-0.3, -0.25) is 10.1 Å². The van der Waals surface area contributed by atoms with Gasteiger partial charge in [-0.2, -0.15) is 0 Å². The summed E-state index contributed by atoms with van der Waals surface area (Å²) in [7, 11) is 0. The van der Waals surface area contributed by atoms with Crippen LogP contribution in [0.4, 0.5) is 11.5 Å². The number of aryl methyl sites for hydroxylation is 1. The number of hydrogen-bond donors (Lipinski definition) is 2. The SMILES string of the molecule is Cc1ccnc(NC(C)CCO)c1[N+](=O)[O-]. The Morgan fingerprint density at radius 1 is 1.69 bits per heavy atom. The number of aromatic nitrogens is 1. The topological polar surface area (TPSA) is 88.3 Å². The van der Waals surface area contributed by atoms with Gasteiger partial charge < -0.3 is 10.4 Å². The molecule has 0 aliphatic heterocycles. The summed E-state index contributed by atoms with van der Waals surface area (Å²) in [5.41, 5.74) is 0.561. The summed E-state index contributed by atoms with van der Waals surface area (Å²) < 4.78 is 0. The summed E-state index contributed by atoms with van der Waals surface area (Å²) in [6.07, 6.45) is 2.04. The fourth-order valence-corrected chi connectivity index (χ4v) is 1.39. The average Bonchev–Trinajstić information content (AvgIpc) is 2.17. The van der Waals surface area contributed by atoms with Crippen LogP contribution in [0.1, 0.15) is 18.9 Å². The van der Waals surface area contributed by atoms with Crippen molar-refractivity contribution in [2.75, 3.05) is 11.9 Å². The van der Waals surface area contributed by atoms with Gasteiger partial charge in [-0.25, -0.2) is 4.98 Å². The van der Waals surface area contributed by atoms with E-state index >= 15 is 0 Å². The molecule has 0 radical (unpaired) electrons. The molecule has 0 bridgehead atoms. The van der Waals surface area contributed by atoms with Gasteiger partial charge in [0.2, 0.25) is 5.82 Å². The van der Waals surface area contributed by atoms with Crippen LogP contribution in [-0.2, 0) is 0 Å². The Labute approximate surface area is 93.5 Å². The van der Waals surface area contributed by atoms with E-state index in [1.165, 1.54) is 6.20 Å². The first-order valence-electron chi connectivity index (χ1n) is 5.03. The Morgan fingerprint density at radius 2 is 2.38 bits per heavy atom. The number of rotatable bonds is 5. The van der Waals surface area contributed by atoms with Gasteiger partial charge in [0.15, 0.2) is 0 Å². The normalized spacial score (nSPS) is 12.2. The van der Waals surface area contributed by atoms with Crippen molar-refractivity contribution in [1.29, 1.82) is 0 Å². The van der Waals surface area contributed by atoms with E-state index in [9.17, 15) is 10.1 Å². The smallest absolute Gasteiger partial charge is 0.314 e. The predicted molar refractivity (Wildman–Crippen MR) is 60.4 cm³/mol. The van der Waals surface area contributed by atoms with Crippen molar-refractivity contribution in [1.82, 2.24) is 4.98 Å². The van der Waals surface area contributed by atoms with E-state index in [4.69, 9.17) is 5.11 Å². The van der Waals surface area contributed by atoms with Gasteiger partial charge in [0.25, 0.3) is 0 Å². The maximum absolute atomic E-state index is 10.9. The van der Waals surface area contributed by atoms with Gasteiger partial charge in [0, 0.05) is 24.4 Å². The molecule has 1 aromatic heterocycles. The van der Waals surface area contributed by atoms with E-state index in [0.717, 1.165) is 0 Å². The Kier molecular flexibility index (Phi) is 4.19. The van der Waals surface area contributed by atoms with Crippen LogP contribution in [0.3, 0.4) is 0 Å². The Morgan fingerprint density at radius 3 is 2.94 bits per heavy atom. The maximum atomic E-state index is 10.9. The summed E-state index contributed by atoms with van der Waals surface area (Å²) in [6.45, 7) is 3.54. The number of nitrogens with one attached hydrogen (secondary N) is 1. The third-order valence-electron chi connectivity index (χ3n) is 2.25. The highest BCUT2D eigenvalue weighted by Crippen LogP contribution is 2.26. The molecule has 6 nitrogen and oxygen atoms in total. The highest BCUT2D eigenvalue weighted by Gasteiger charge is 2.19. The molecular formula is C10H15N3O3. The molecule has 16 heavy (non-hydrogen) atoms. The molecule has 88 valence electrons.